The molecule has 2 aliphatic heterocycles. The summed E-state index contributed by atoms with van der Waals surface area (Å²) >= 11 is 0. The van der Waals surface area contributed by atoms with Crippen molar-refractivity contribution in [1.82, 2.24) is 10.6 Å². The Morgan fingerprint density at radius 1 is 0.952 bits per heavy atom. The average molecular weight is 607 g/mol. The highest BCUT2D eigenvalue weighted by Gasteiger charge is 2.53. The molecule has 0 aromatic rings. The lowest BCUT2D eigenvalue weighted by Crippen LogP contribution is -2.70. The second-order valence-corrected chi connectivity index (χ2v) is 11.8. The third kappa shape index (κ3) is 6.96. The van der Waals surface area contributed by atoms with Gasteiger partial charge in [-0.2, -0.15) is 0 Å². The lowest BCUT2D eigenvalue weighted by Gasteiger charge is -2.49. The van der Waals surface area contributed by atoms with Gasteiger partial charge in [0.05, 0.1) is 30.8 Å². The topological polar surface area (TPSA) is 333 Å². The van der Waals surface area contributed by atoms with Gasteiger partial charge in [-0.1, -0.05) is 0 Å². The molecule has 0 aromatic carbocycles. The summed E-state index contributed by atoms with van der Waals surface area (Å²) in [6, 6.07) is -4.07. The number of aliphatic hydroxyl groups is 5. The molecule has 42 heavy (non-hydrogen) atoms. The standard InChI is InChI=1S/C24H46N8O10/c25-6-9-1-2-11(32-23(29)30)20(39-9)41-18-10(27)3-12(31-22(37)24(38)4-8(26)5-24)19(17(18)36)42-21-16(35)14(28)15(34)13(7-33)40-21/h8-21,33-36,38H,1-7,25-28H2,(H,31,37)(H4,29,30,32)/t8?,9-,10-,11+,12+,13+,14-,15+,16+,17-,18?,19-,20+,21+,24?/m0/s1. The van der Waals surface area contributed by atoms with Crippen molar-refractivity contribution >= 4 is 11.9 Å². The second kappa shape index (κ2) is 13.5. The van der Waals surface area contributed by atoms with E-state index in [0.29, 0.717) is 12.8 Å². The summed E-state index contributed by atoms with van der Waals surface area (Å²) in [5.41, 5.74) is 27.8. The Kier molecular flexibility index (Phi) is 10.6. The van der Waals surface area contributed by atoms with Crippen LogP contribution in [0.15, 0.2) is 0 Å². The molecule has 18 N–H and O–H groups in total. The third-order valence-electron chi connectivity index (χ3n) is 8.54. The normalized spacial score (nSPS) is 47.7. The number of hydrogen-bond donors (Lipinski definition) is 13. The fraction of sp³-hybridized carbons (Fsp3) is 0.917. The van der Waals surface area contributed by atoms with E-state index in [0.717, 1.165) is 0 Å². The molecule has 0 bridgehead atoms. The van der Waals surface area contributed by atoms with E-state index in [2.05, 4.69) is 10.6 Å². The Balaban J connectivity index is 1.57. The van der Waals surface area contributed by atoms with Gasteiger partial charge in [0.25, 0.3) is 5.91 Å². The first-order valence-electron chi connectivity index (χ1n) is 14.2. The van der Waals surface area contributed by atoms with Gasteiger partial charge in [-0.3, -0.25) is 10.2 Å². The van der Waals surface area contributed by atoms with E-state index in [-0.39, 0.29) is 43.9 Å². The van der Waals surface area contributed by atoms with Crippen LogP contribution in [0, 0.1) is 5.41 Å². The van der Waals surface area contributed by atoms with E-state index in [1.165, 1.54) is 0 Å². The van der Waals surface area contributed by atoms with Crippen LogP contribution in [0.2, 0.25) is 0 Å². The molecule has 0 spiro atoms. The van der Waals surface area contributed by atoms with E-state index in [4.69, 9.17) is 53.0 Å². The van der Waals surface area contributed by atoms with Crippen molar-refractivity contribution < 1.29 is 49.3 Å². The van der Waals surface area contributed by atoms with Crippen molar-refractivity contribution in [2.75, 3.05) is 13.2 Å². The summed E-state index contributed by atoms with van der Waals surface area (Å²) in [4.78, 5) is 13.0. The van der Waals surface area contributed by atoms with E-state index in [9.17, 15) is 30.3 Å². The molecule has 1 amide bonds. The molecule has 4 rings (SSSR count). The number of rotatable bonds is 9. The predicted molar refractivity (Wildman–Crippen MR) is 144 cm³/mol. The quantitative estimate of drug-likeness (QED) is 0.0856. The molecule has 13 atom stereocenters. The number of nitrogens with two attached hydrogens (primary N) is 5. The monoisotopic (exact) mass is 606 g/mol. The van der Waals surface area contributed by atoms with Gasteiger partial charge >= 0.3 is 0 Å². The highest BCUT2D eigenvalue weighted by atomic mass is 16.7. The maximum absolute atomic E-state index is 13.0. The molecule has 2 aliphatic carbocycles. The Morgan fingerprint density at radius 3 is 2.21 bits per heavy atom. The van der Waals surface area contributed by atoms with Gasteiger partial charge in [0, 0.05) is 31.5 Å². The van der Waals surface area contributed by atoms with Crippen LogP contribution in [0.25, 0.3) is 0 Å². The fourth-order valence-corrected chi connectivity index (χ4v) is 6.07. The van der Waals surface area contributed by atoms with Crippen LogP contribution in [0.4, 0.5) is 0 Å². The zero-order valence-electron chi connectivity index (χ0n) is 23.2. The van der Waals surface area contributed by atoms with Crippen LogP contribution in [-0.2, 0) is 23.7 Å². The molecule has 4 fully saturated rings. The summed E-state index contributed by atoms with van der Waals surface area (Å²) in [6.07, 6.45) is -10.0. The highest BCUT2D eigenvalue weighted by molar-refractivity contribution is 5.86. The molecule has 1 unspecified atom stereocenters. The van der Waals surface area contributed by atoms with Gasteiger partial charge in [0.2, 0.25) is 0 Å². The molecule has 0 radical (unpaired) electrons. The van der Waals surface area contributed by atoms with Gasteiger partial charge in [0.15, 0.2) is 18.5 Å². The Labute approximate surface area is 242 Å². The zero-order chi connectivity index (χ0) is 30.9. The number of ether oxygens (including phenoxy) is 4. The summed E-state index contributed by atoms with van der Waals surface area (Å²) in [6.45, 7) is -0.433. The Hall–Kier alpha value is -1.78. The number of aliphatic hydroxyl groups excluding tert-OH is 4. The third-order valence-corrected chi connectivity index (χ3v) is 8.54. The predicted octanol–water partition coefficient (Wildman–Crippen LogP) is -6.73. The van der Waals surface area contributed by atoms with Crippen molar-refractivity contribution in [2.24, 2.45) is 28.7 Å². The van der Waals surface area contributed by atoms with Gasteiger partial charge in [-0.25, -0.2) is 0 Å². The first-order chi connectivity index (χ1) is 19.8. The van der Waals surface area contributed by atoms with E-state index in [1.807, 2.05) is 0 Å². The molecule has 18 heteroatoms. The van der Waals surface area contributed by atoms with Crippen molar-refractivity contribution in [3.63, 3.8) is 0 Å². The molecule has 2 saturated heterocycles. The molecule has 4 aliphatic rings. The fourth-order valence-electron chi connectivity index (χ4n) is 6.07. The van der Waals surface area contributed by atoms with Crippen molar-refractivity contribution in [1.29, 1.82) is 5.41 Å². The minimum Gasteiger partial charge on any atom is -0.394 e. The molecule has 242 valence electrons. The first kappa shape index (κ1) is 33.1. The maximum atomic E-state index is 13.0. The summed E-state index contributed by atoms with van der Waals surface area (Å²) < 4.78 is 23.7. The Bertz CT molecular complexity index is 945. The SMILES string of the molecule is N=C(N)N[C@@H]1CC[C@@H](CN)O[C@@H]1OC1[C@@H](N)C[C@@H](NC(=O)C2(O)CC(N)C2)[C@H](O[C@H]2O[C@H](CO)[C@@H](O)[C@H](N)[C@H]2O)[C@H]1O. The molecule has 2 saturated carbocycles. The number of hydrogen-bond acceptors (Lipinski definition) is 15. The maximum Gasteiger partial charge on any atom is 0.252 e. The number of amides is 1. The van der Waals surface area contributed by atoms with Gasteiger partial charge in [-0.05, 0) is 19.3 Å². The number of nitrogens with one attached hydrogen (secondary N) is 3. The van der Waals surface area contributed by atoms with Crippen LogP contribution >= 0.6 is 0 Å². The van der Waals surface area contributed by atoms with E-state index < -0.39 is 91.5 Å². The lowest BCUT2D eigenvalue weighted by molar-refractivity contribution is -0.314. The smallest absolute Gasteiger partial charge is 0.252 e. The zero-order valence-corrected chi connectivity index (χ0v) is 23.2. The summed E-state index contributed by atoms with van der Waals surface area (Å²) in [7, 11) is 0. The van der Waals surface area contributed by atoms with Crippen molar-refractivity contribution in [2.45, 2.75) is 123 Å². The largest absolute Gasteiger partial charge is 0.394 e. The summed E-state index contributed by atoms with van der Waals surface area (Å²) in [5, 5.41) is 65.9. The first-order valence-corrected chi connectivity index (χ1v) is 14.2. The van der Waals surface area contributed by atoms with E-state index in [1.54, 1.807) is 0 Å². The molecular weight excluding hydrogens is 560 g/mol. The summed E-state index contributed by atoms with van der Waals surface area (Å²) in [5.74, 6) is -1.05. The van der Waals surface area contributed by atoms with Crippen LogP contribution in [-0.4, -0.2) is 142 Å². The second-order valence-electron chi connectivity index (χ2n) is 11.8. The molecular formula is C24H46N8O10. The van der Waals surface area contributed by atoms with Crippen LogP contribution in [0.5, 0.6) is 0 Å². The molecule has 0 aromatic heterocycles. The van der Waals surface area contributed by atoms with Crippen molar-refractivity contribution in [3.05, 3.63) is 0 Å². The molecule has 2 heterocycles. The number of guanidine groups is 1. The highest BCUT2D eigenvalue weighted by Crippen LogP contribution is 2.34. The van der Waals surface area contributed by atoms with Gasteiger partial charge in [-0.15, -0.1) is 0 Å². The van der Waals surface area contributed by atoms with Gasteiger partial charge in [0.1, 0.15) is 42.2 Å². The van der Waals surface area contributed by atoms with Gasteiger partial charge < -0.3 is 83.8 Å². The lowest BCUT2D eigenvalue weighted by atomic mass is 9.75. The van der Waals surface area contributed by atoms with Crippen molar-refractivity contribution in [3.8, 4) is 0 Å². The van der Waals surface area contributed by atoms with E-state index >= 15 is 0 Å². The minimum absolute atomic E-state index is 0.0149. The number of carbonyl (C=O) groups excluding carboxylic acids is 1. The van der Waals surface area contributed by atoms with Crippen LogP contribution in [0.3, 0.4) is 0 Å². The van der Waals surface area contributed by atoms with Crippen LogP contribution in [0.1, 0.15) is 32.1 Å². The Morgan fingerprint density at radius 2 is 1.62 bits per heavy atom. The average Bonchev–Trinajstić information content (AvgIpc) is 2.92. The molecule has 18 nitrogen and oxygen atoms in total. The van der Waals surface area contributed by atoms with Crippen LogP contribution < -0.4 is 39.3 Å². The minimum atomic E-state index is -1.71. The number of carbonyl (C=O) groups is 1.